The van der Waals surface area contributed by atoms with Crippen molar-refractivity contribution in [3.63, 3.8) is 0 Å². The number of rotatable bonds is 24. The molecule has 2 unspecified atom stereocenters. The molecule has 2 saturated carbocycles. The molecule has 2 aliphatic carbocycles. The van der Waals surface area contributed by atoms with Crippen molar-refractivity contribution in [3.05, 3.63) is 61.2 Å². The summed E-state index contributed by atoms with van der Waals surface area (Å²) in [5.74, 6) is 3.32. The minimum absolute atomic E-state index is 0.0501. The van der Waals surface area contributed by atoms with Gasteiger partial charge in [-0.05, 0) is 201 Å². The molecule has 4 fully saturated rings. The lowest BCUT2D eigenvalue weighted by molar-refractivity contribution is -0.142. The number of nitrogens with one attached hydrogen (secondary N) is 4. The highest BCUT2D eigenvalue weighted by Gasteiger charge is 2.29. The van der Waals surface area contributed by atoms with Crippen molar-refractivity contribution < 1.29 is 71.3 Å². The number of anilines is 6. The number of imidazole rings is 2. The van der Waals surface area contributed by atoms with E-state index in [-0.39, 0.29) is 31.5 Å². The fourth-order valence-corrected chi connectivity index (χ4v) is 11.5. The Morgan fingerprint density at radius 2 is 0.940 bits per heavy atom. The van der Waals surface area contributed by atoms with E-state index < -0.39 is 41.2 Å². The number of esters is 2. The number of fused-ring (bicyclic) bond motifs is 2. The van der Waals surface area contributed by atoms with E-state index in [1.54, 1.807) is 62.3 Å². The lowest BCUT2D eigenvalue weighted by Gasteiger charge is -2.26. The first-order valence-electron chi connectivity index (χ1n) is 35.4. The predicted octanol–water partition coefficient (Wildman–Crippen LogP) is 15.2. The second kappa shape index (κ2) is 37.6. The molecule has 0 radical (unpaired) electrons. The standard InChI is InChI=1S/C33H47N7O6.C29H40N6O4.C10H18O5/c1-33(2,3)46-32(42)39(21-27(41)43-4)18-10-20-44-25-16-14-24(15-17-25)36-31-37-29(35-23-11-6-5-7-12-23)28-30(38-31)40(22-34-28)26-13-8-9-19-45-26;1-37-25(36)13-6-3-8-18-38-23-16-14-22(15-17-23)32-29-33-27(31-21-10-4-2-5-11-21)26-28(34-29)35(20-30-26)24-12-7-9-19-39-24;1-9(2,3)14-7(11)13-8(12)15-10(4,5)6/h14-17,22-23,26H,5-13,18-21H2,1-4H3,(H2,35,36,37,38);14-17,20-21,24H,2-13,18-19H2,1H3,(H2,31,32,33,34);1-6H3. The van der Waals surface area contributed by atoms with Crippen molar-refractivity contribution in [2.24, 2.45) is 0 Å². The fraction of sp³-hybridized carbons (Fsp3) is 0.625. The van der Waals surface area contributed by atoms with Crippen LogP contribution in [0.25, 0.3) is 22.3 Å². The summed E-state index contributed by atoms with van der Waals surface area (Å²) in [4.78, 5) is 87.8. The molecule has 2 aliphatic heterocycles. The van der Waals surface area contributed by atoms with E-state index in [2.05, 4.69) is 35.3 Å². The SMILES string of the molecule is CC(C)(C)OC(=O)OC(=O)OC(C)(C)C.COC(=O)CCCCCOc1ccc(Nc2nc(NC3CCCCC3)c3ncn(C4CCCCO4)c3n2)cc1.COC(=O)CN(CCCOc1ccc(Nc2nc(NC3CCCCC3)c3ncn(C4CCCCO4)c3n2)cc1)C(=O)OC(C)(C)C. The first-order valence-corrected chi connectivity index (χ1v) is 35.4. The van der Waals surface area contributed by atoms with Gasteiger partial charge in [0, 0.05) is 49.6 Å². The highest BCUT2D eigenvalue weighted by molar-refractivity contribution is 5.86. The zero-order valence-electron chi connectivity index (χ0n) is 60.3. The summed E-state index contributed by atoms with van der Waals surface area (Å²) in [6, 6.07) is 16.1. The molecule has 2 atom stereocenters. The zero-order chi connectivity index (χ0) is 71.7. The van der Waals surface area contributed by atoms with Crippen molar-refractivity contribution in [2.45, 2.75) is 238 Å². The van der Waals surface area contributed by atoms with Gasteiger partial charge in [-0.2, -0.15) is 19.9 Å². The van der Waals surface area contributed by atoms with Gasteiger partial charge in [0.2, 0.25) is 11.9 Å². The van der Waals surface area contributed by atoms with Crippen LogP contribution in [-0.4, -0.2) is 157 Å². The number of hydrogen-bond donors (Lipinski definition) is 4. The Morgan fingerprint density at radius 1 is 0.510 bits per heavy atom. The highest BCUT2D eigenvalue weighted by Crippen LogP contribution is 2.34. The molecule has 2 saturated heterocycles. The monoisotopic (exact) mass is 1390 g/mol. The molecule has 10 rings (SSSR count). The Balaban J connectivity index is 0.000000213. The normalized spacial score (nSPS) is 16.8. The van der Waals surface area contributed by atoms with E-state index in [1.165, 1.54) is 57.6 Å². The van der Waals surface area contributed by atoms with Crippen LogP contribution in [0.3, 0.4) is 0 Å². The average molecular weight is 1390 g/mol. The smallest absolute Gasteiger partial charge is 0.494 e. The van der Waals surface area contributed by atoms with Crippen LogP contribution in [0.15, 0.2) is 61.2 Å². The molecule has 4 aliphatic rings. The van der Waals surface area contributed by atoms with Gasteiger partial charge in [0.1, 0.15) is 47.3 Å². The number of methoxy groups -OCH3 is 2. The molecular weight excluding hydrogens is 1290 g/mol. The molecule has 28 heteroatoms. The molecule has 1 amide bonds. The first kappa shape index (κ1) is 77.0. The van der Waals surface area contributed by atoms with Crippen LogP contribution < -0.4 is 30.7 Å². The van der Waals surface area contributed by atoms with E-state index >= 15 is 0 Å². The van der Waals surface area contributed by atoms with Crippen molar-refractivity contribution in [1.82, 2.24) is 43.9 Å². The van der Waals surface area contributed by atoms with Crippen LogP contribution in [-0.2, 0) is 47.5 Å². The maximum atomic E-state index is 12.6. The molecule has 6 heterocycles. The van der Waals surface area contributed by atoms with Gasteiger partial charge >= 0.3 is 30.3 Å². The van der Waals surface area contributed by atoms with E-state index in [0.717, 1.165) is 148 Å². The van der Waals surface area contributed by atoms with E-state index in [0.29, 0.717) is 55.8 Å². The summed E-state index contributed by atoms with van der Waals surface area (Å²) in [7, 11) is 2.71. The van der Waals surface area contributed by atoms with Gasteiger partial charge in [-0.25, -0.2) is 24.4 Å². The lowest BCUT2D eigenvalue weighted by Crippen LogP contribution is -2.41. The third-order valence-electron chi connectivity index (χ3n) is 16.4. The Morgan fingerprint density at radius 3 is 1.35 bits per heavy atom. The highest BCUT2D eigenvalue weighted by atomic mass is 16.8. The molecule has 4 aromatic heterocycles. The third kappa shape index (κ3) is 25.7. The van der Waals surface area contributed by atoms with Gasteiger partial charge in [0.25, 0.3) is 0 Å². The maximum Gasteiger partial charge on any atom is 0.519 e. The molecule has 4 N–H and O–H groups in total. The van der Waals surface area contributed by atoms with Gasteiger partial charge in [0.15, 0.2) is 34.0 Å². The molecule has 100 heavy (non-hydrogen) atoms. The Kier molecular flexibility index (Phi) is 28.9. The summed E-state index contributed by atoms with van der Waals surface area (Å²) >= 11 is 0. The summed E-state index contributed by atoms with van der Waals surface area (Å²) in [5.41, 5.74) is 2.69. The summed E-state index contributed by atoms with van der Waals surface area (Å²) in [5, 5.41) is 14.1. The number of carbonyl (C=O) groups is 5. The van der Waals surface area contributed by atoms with Crippen LogP contribution >= 0.6 is 0 Å². The van der Waals surface area contributed by atoms with Gasteiger partial charge in [0.05, 0.1) is 40.1 Å². The fourth-order valence-electron chi connectivity index (χ4n) is 11.5. The van der Waals surface area contributed by atoms with Gasteiger partial charge in [-0.15, -0.1) is 0 Å². The minimum atomic E-state index is -1.06. The minimum Gasteiger partial charge on any atom is -0.494 e. The summed E-state index contributed by atoms with van der Waals surface area (Å²) in [6.45, 7) is 17.9. The van der Waals surface area contributed by atoms with Gasteiger partial charge < -0.3 is 68.6 Å². The zero-order valence-corrected chi connectivity index (χ0v) is 60.3. The molecule has 2 aromatic carbocycles. The van der Waals surface area contributed by atoms with Crippen LogP contribution in [0.5, 0.6) is 11.5 Å². The number of ether oxygens (including phenoxy) is 10. The van der Waals surface area contributed by atoms with Crippen LogP contribution in [0.2, 0.25) is 0 Å². The average Bonchev–Trinajstić information content (AvgIpc) is 1.62. The van der Waals surface area contributed by atoms with Crippen molar-refractivity contribution >= 4 is 87.6 Å². The van der Waals surface area contributed by atoms with Crippen LogP contribution in [0, 0.1) is 0 Å². The Labute approximate surface area is 586 Å². The van der Waals surface area contributed by atoms with Crippen molar-refractivity contribution in [3.8, 4) is 11.5 Å². The molecule has 0 bridgehead atoms. The summed E-state index contributed by atoms with van der Waals surface area (Å²) in [6.07, 6.45) is 22.7. The number of aromatic nitrogens is 8. The number of amides is 1. The second-order valence-electron chi connectivity index (χ2n) is 28.3. The van der Waals surface area contributed by atoms with Gasteiger partial charge in [-0.3, -0.25) is 23.6 Å². The number of carbonyl (C=O) groups excluding carboxylic acids is 5. The summed E-state index contributed by atoms with van der Waals surface area (Å²) < 4.78 is 56.6. The quantitative estimate of drug-likeness (QED) is 0.0189. The first-order chi connectivity index (χ1) is 47.9. The van der Waals surface area contributed by atoms with Crippen LogP contribution in [0.1, 0.15) is 210 Å². The molecule has 548 valence electrons. The molecule has 28 nitrogen and oxygen atoms in total. The number of hydrogen-bond acceptors (Lipinski definition) is 25. The molecule has 0 spiro atoms. The van der Waals surface area contributed by atoms with E-state index in [9.17, 15) is 24.0 Å². The third-order valence-corrected chi connectivity index (χ3v) is 16.4. The molecular formula is C72H105N13O15. The van der Waals surface area contributed by atoms with Crippen LogP contribution in [0.4, 0.5) is 49.3 Å². The molecule has 6 aromatic rings. The van der Waals surface area contributed by atoms with Gasteiger partial charge in [-0.1, -0.05) is 38.5 Å². The van der Waals surface area contributed by atoms with E-state index in [1.807, 2.05) is 65.8 Å². The number of nitrogens with zero attached hydrogens (tertiary/aromatic N) is 9. The predicted molar refractivity (Wildman–Crippen MR) is 378 cm³/mol. The second-order valence-corrected chi connectivity index (χ2v) is 28.3. The largest absolute Gasteiger partial charge is 0.519 e. The topological polar surface area (TPSA) is 316 Å². The Hall–Kier alpha value is -8.79. The van der Waals surface area contributed by atoms with E-state index in [4.69, 9.17) is 67.8 Å². The lowest BCUT2D eigenvalue weighted by atomic mass is 9.95. The maximum absolute atomic E-state index is 12.6. The van der Waals surface area contributed by atoms with Crippen molar-refractivity contribution in [1.29, 1.82) is 0 Å². The number of unbranched alkanes of at least 4 members (excludes halogenated alkanes) is 2. The number of benzene rings is 2. The van der Waals surface area contributed by atoms with Crippen molar-refractivity contribution in [2.75, 3.05) is 75.0 Å². The Bertz CT molecular complexity index is 3520.